The topological polar surface area (TPSA) is 14.1 Å². The summed E-state index contributed by atoms with van der Waals surface area (Å²) in [5.41, 5.74) is 0. The van der Waals surface area contributed by atoms with E-state index in [0.29, 0.717) is 0 Å². The van der Waals surface area contributed by atoms with Crippen LogP contribution in [-0.4, -0.2) is 13.1 Å². The molecule has 1 radical (unpaired) electrons. The number of nitrogens with zero attached hydrogens (tertiary/aromatic N) is 1. The summed E-state index contributed by atoms with van der Waals surface area (Å²) < 4.78 is 0. The Morgan fingerprint density at radius 2 is 1.82 bits per heavy atom. The third-order valence-corrected chi connectivity index (χ3v) is 1.66. The molecule has 0 aliphatic heterocycles. The lowest BCUT2D eigenvalue weighted by Gasteiger charge is -2.04. The molecule has 0 amide bonds. The molecule has 1 heteroatoms. The monoisotopic (exact) mass is 156 g/mol. The Bertz CT molecular complexity index is 69.3. The Balaban J connectivity index is 2.80. The summed E-state index contributed by atoms with van der Waals surface area (Å²) in [6, 6.07) is 0. The zero-order valence-corrected chi connectivity index (χ0v) is 8.27. The average molecular weight is 156 g/mol. The first kappa shape index (κ1) is 11.0. The quantitative estimate of drug-likeness (QED) is 0.503. The lowest BCUT2D eigenvalue weighted by atomic mass is 10.2. The first-order valence-corrected chi connectivity index (χ1v) is 4.90. The second-order valence-electron chi connectivity index (χ2n) is 3.58. The highest BCUT2D eigenvalue weighted by molar-refractivity contribution is 4.50. The standard InChI is InChI=1S/C10H22N/c1-4-5-6-7-8-11-9-10(2)3/h10H,4-9H2,1-3H3. The van der Waals surface area contributed by atoms with Crippen LogP contribution in [0.25, 0.3) is 0 Å². The molecular formula is C10H22N. The van der Waals surface area contributed by atoms with Crippen LogP contribution >= 0.6 is 0 Å². The van der Waals surface area contributed by atoms with Gasteiger partial charge >= 0.3 is 0 Å². The summed E-state index contributed by atoms with van der Waals surface area (Å²) in [7, 11) is 0. The Morgan fingerprint density at radius 1 is 1.09 bits per heavy atom. The Morgan fingerprint density at radius 3 is 2.36 bits per heavy atom. The maximum Gasteiger partial charge on any atom is 0.0156 e. The highest BCUT2D eigenvalue weighted by atomic mass is 14.8. The fourth-order valence-corrected chi connectivity index (χ4v) is 1.000. The van der Waals surface area contributed by atoms with Crippen LogP contribution in [0.1, 0.15) is 46.5 Å². The van der Waals surface area contributed by atoms with Gasteiger partial charge in [-0.2, -0.15) is 0 Å². The summed E-state index contributed by atoms with van der Waals surface area (Å²) in [5.74, 6) is 0.737. The Labute approximate surface area is 71.6 Å². The van der Waals surface area contributed by atoms with Crippen LogP contribution in [0.2, 0.25) is 0 Å². The largest absolute Gasteiger partial charge is 0.242 e. The van der Waals surface area contributed by atoms with Crippen molar-refractivity contribution in [3.8, 4) is 0 Å². The van der Waals surface area contributed by atoms with Gasteiger partial charge in [-0.1, -0.05) is 40.0 Å². The molecule has 11 heavy (non-hydrogen) atoms. The van der Waals surface area contributed by atoms with Crippen molar-refractivity contribution >= 4 is 0 Å². The maximum absolute atomic E-state index is 4.44. The fraction of sp³-hybridized carbons (Fsp3) is 1.00. The van der Waals surface area contributed by atoms with E-state index in [2.05, 4.69) is 26.1 Å². The molecule has 0 aliphatic carbocycles. The van der Waals surface area contributed by atoms with E-state index in [4.69, 9.17) is 0 Å². The third kappa shape index (κ3) is 9.96. The second kappa shape index (κ2) is 8.06. The van der Waals surface area contributed by atoms with E-state index < -0.39 is 0 Å². The highest BCUT2D eigenvalue weighted by Gasteiger charge is 1.93. The van der Waals surface area contributed by atoms with Crippen molar-refractivity contribution in [1.82, 2.24) is 5.32 Å². The first-order valence-electron chi connectivity index (χ1n) is 4.90. The van der Waals surface area contributed by atoms with Gasteiger partial charge in [0.2, 0.25) is 0 Å². The summed E-state index contributed by atoms with van der Waals surface area (Å²) in [4.78, 5) is 0. The van der Waals surface area contributed by atoms with Crippen molar-refractivity contribution in [2.75, 3.05) is 13.1 Å². The fourth-order valence-electron chi connectivity index (χ4n) is 1.000. The van der Waals surface area contributed by atoms with Crippen molar-refractivity contribution in [2.45, 2.75) is 46.5 Å². The molecule has 0 heterocycles. The molecule has 0 saturated carbocycles. The molecule has 0 unspecified atom stereocenters. The number of hydrogen-bond donors (Lipinski definition) is 0. The van der Waals surface area contributed by atoms with Crippen LogP contribution in [0.4, 0.5) is 0 Å². The van der Waals surface area contributed by atoms with Gasteiger partial charge < -0.3 is 0 Å². The molecule has 0 spiro atoms. The minimum absolute atomic E-state index is 0.737. The van der Waals surface area contributed by atoms with Gasteiger partial charge in [0.25, 0.3) is 0 Å². The molecule has 0 fully saturated rings. The van der Waals surface area contributed by atoms with E-state index in [1.165, 1.54) is 25.7 Å². The molecule has 0 atom stereocenters. The average Bonchev–Trinajstić information content (AvgIpc) is 1.96. The molecule has 1 nitrogen and oxygen atoms in total. The number of hydrogen-bond acceptors (Lipinski definition) is 0. The van der Waals surface area contributed by atoms with Gasteiger partial charge in [-0.3, -0.25) is 0 Å². The number of rotatable bonds is 7. The van der Waals surface area contributed by atoms with Crippen LogP contribution in [0, 0.1) is 5.92 Å². The van der Waals surface area contributed by atoms with Gasteiger partial charge in [0.05, 0.1) is 0 Å². The molecule has 0 aromatic rings. The Kier molecular flexibility index (Phi) is 8.03. The number of unbranched alkanes of at least 4 members (excludes halogenated alkanes) is 3. The van der Waals surface area contributed by atoms with Gasteiger partial charge in [0, 0.05) is 13.1 Å². The van der Waals surface area contributed by atoms with E-state index in [0.717, 1.165) is 19.0 Å². The minimum atomic E-state index is 0.737. The smallest absolute Gasteiger partial charge is 0.0156 e. The van der Waals surface area contributed by atoms with E-state index in [-0.39, 0.29) is 0 Å². The van der Waals surface area contributed by atoms with Crippen LogP contribution in [0.3, 0.4) is 0 Å². The summed E-state index contributed by atoms with van der Waals surface area (Å²) >= 11 is 0. The molecule has 0 aromatic heterocycles. The van der Waals surface area contributed by atoms with Crippen molar-refractivity contribution in [1.29, 1.82) is 0 Å². The van der Waals surface area contributed by atoms with E-state index in [9.17, 15) is 0 Å². The van der Waals surface area contributed by atoms with Crippen LogP contribution in [0.5, 0.6) is 0 Å². The third-order valence-electron chi connectivity index (χ3n) is 1.66. The molecule has 67 valence electrons. The van der Waals surface area contributed by atoms with Gasteiger partial charge in [-0.05, 0) is 12.3 Å². The normalized spacial score (nSPS) is 10.9. The van der Waals surface area contributed by atoms with Gasteiger partial charge in [-0.15, -0.1) is 0 Å². The SMILES string of the molecule is CCCCCC[N]CC(C)C. The molecule has 0 aliphatic rings. The highest BCUT2D eigenvalue weighted by Crippen LogP contribution is 1.98. The molecule has 0 rings (SSSR count). The van der Waals surface area contributed by atoms with Crippen LogP contribution in [0.15, 0.2) is 0 Å². The zero-order valence-electron chi connectivity index (χ0n) is 8.27. The molecule has 0 bridgehead atoms. The second-order valence-corrected chi connectivity index (χ2v) is 3.58. The molecule has 0 N–H and O–H groups in total. The maximum atomic E-state index is 4.44. The minimum Gasteiger partial charge on any atom is -0.242 e. The predicted molar refractivity (Wildman–Crippen MR) is 50.8 cm³/mol. The van der Waals surface area contributed by atoms with Crippen molar-refractivity contribution in [2.24, 2.45) is 5.92 Å². The molecule has 0 aromatic carbocycles. The lowest BCUT2D eigenvalue weighted by Crippen LogP contribution is -2.13. The van der Waals surface area contributed by atoms with Crippen LogP contribution in [-0.2, 0) is 0 Å². The van der Waals surface area contributed by atoms with E-state index in [1.54, 1.807) is 0 Å². The van der Waals surface area contributed by atoms with Gasteiger partial charge in [0.1, 0.15) is 0 Å². The Hall–Kier alpha value is -0.0400. The van der Waals surface area contributed by atoms with Gasteiger partial charge in [-0.25, -0.2) is 5.32 Å². The molecular weight excluding hydrogens is 134 g/mol. The summed E-state index contributed by atoms with van der Waals surface area (Å²) in [5, 5.41) is 4.44. The summed E-state index contributed by atoms with van der Waals surface area (Å²) in [6.07, 6.45) is 5.35. The van der Waals surface area contributed by atoms with Crippen LogP contribution < -0.4 is 5.32 Å². The first-order chi connectivity index (χ1) is 5.27. The zero-order chi connectivity index (χ0) is 8.53. The summed E-state index contributed by atoms with van der Waals surface area (Å²) in [6.45, 7) is 8.81. The molecule has 0 saturated heterocycles. The predicted octanol–water partition coefficient (Wildman–Crippen LogP) is 2.83. The lowest BCUT2D eigenvalue weighted by molar-refractivity contribution is 0.521. The van der Waals surface area contributed by atoms with Crippen molar-refractivity contribution < 1.29 is 0 Å². The van der Waals surface area contributed by atoms with Crippen molar-refractivity contribution in [3.63, 3.8) is 0 Å². The van der Waals surface area contributed by atoms with E-state index >= 15 is 0 Å². The van der Waals surface area contributed by atoms with Crippen molar-refractivity contribution in [3.05, 3.63) is 0 Å². The van der Waals surface area contributed by atoms with E-state index in [1.807, 2.05) is 0 Å². The van der Waals surface area contributed by atoms with Gasteiger partial charge in [0.15, 0.2) is 0 Å².